The second kappa shape index (κ2) is 4.61. The molecule has 1 aliphatic heterocycles. The van der Waals surface area contributed by atoms with Gasteiger partial charge in [-0.2, -0.15) is 13.2 Å². The number of hydrogen-bond donors (Lipinski definition) is 1. The van der Waals surface area contributed by atoms with Crippen molar-refractivity contribution in [2.45, 2.75) is 25.4 Å². The van der Waals surface area contributed by atoms with Gasteiger partial charge in [-0.25, -0.2) is 4.98 Å². The fourth-order valence-corrected chi connectivity index (χ4v) is 3.48. The van der Waals surface area contributed by atoms with Crippen molar-refractivity contribution in [3.63, 3.8) is 0 Å². The van der Waals surface area contributed by atoms with Crippen LogP contribution in [0.5, 0.6) is 0 Å². The lowest BCUT2D eigenvalue weighted by Gasteiger charge is -2.41. The number of carboxylic acids is 1. The van der Waals surface area contributed by atoms with Crippen LogP contribution in [0, 0.1) is 11.3 Å². The van der Waals surface area contributed by atoms with E-state index in [0.717, 1.165) is 25.3 Å². The van der Waals surface area contributed by atoms with E-state index in [1.807, 2.05) is 0 Å². The minimum absolute atomic E-state index is 0.0927. The molecule has 1 saturated heterocycles. The predicted octanol–water partition coefficient (Wildman–Crippen LogP) is 2.79. The average Bonchev–Trinajstić information content (AvgIpc) is 2.78. The van der Waals surface area contributed by atoms with Crippen molar-refractivity contribution >= 4 is 11.8 Å². The lowest BCUT2D eigenvalue weighted by atomic mass is 9.63. The SMILES string of the molecule is O=C(O)[C@H]1CN(c2ncccc2C(F)(F)F)CC12CCC2. The fourth-order valence-electron chi connectivity index (χ4n) is 3.48. The minimum Gasteiger partial charge on any atom is -0.481 e. The van der Waals surface area contributed by atoms with Crippen LogP contribution in [0.2, 0.25) is 0 Å². The van der Waals surface area contributed by atoms with Crippen molar-refractivity contribution in [1.29, 1.82) is 0 Å². The summed E-state index contributed by atoms with van der Waals surface area (Å²) in [6.07, 6.45) is -0.723. The fraction of sp³-hybridized carbons (Fsp3) is 0.571. The number of nitrogens with zero attached hydrogens (tertiary/aromatic N) is 2. The molecule has 1 spiro atoms. The molecule has 0 radical (unpaired) electrons. The van der Waals surface area contributed by atoms with Crippen LogP contribution < -0.4 is 4.90 Å². The summed E-state index contributed by atoms with van der Waals surface area (Å²) < 4.78 is 39.2. The van der Waals surface area contributed by atoms with Gasteiger partial charge in [-0.15, -0.1) is 0 Å². The first-order chi connectivity index (χ1) is 9.83. The number of rotatable bonds is 2. The Morgan fingerprint density at radius 2 is 2.14 bits per heavy atom. The number of aromatic nitrogens is 1. The van der Waals surface area contributed by atoms with Crippen molar-refractivity contribution in [1.82, 2.24) is 4.98 Å². The van der Waals surface area contributed by atoms with Gasteiger partial charge >= 0.3 is 12.1 Å². The van der Waals surface area contributed by atoms with Crippen LogP contribution in [0.3, 0.4) is 0 Å². The molecule has 1 saturated carbocycles. The lowest BCUT2D eigenvalue weighted by molar-refractivity contribution is -0.146. The molecule has 1 aromatic rings. The Morgan fingerprint density at radius 3 is 2.62 bits per heavy atom. The molecule has 2 fully saturated rings. The van der Waals surface area contributed by atoms with Crippen molar-refractivity contribution in [3.05, 3.63) is 23.9 Å². The van der Waals surface area contributed by atoms with E-state index in [9.17, 15) is 23.1 Å². The van der Waals surface area contributed by atoms with Gasteiger partial charge in [0.25, 0.3) is 0 Å². The van der Waals surface area contributed by atoms with E-state index < -0.39 is 23.6 Å². The Balaban J connectivity index is 1.95. The molecule has 2 heterocycles. The maximum Gasteiger partial charge on any atom is 0.419 e. The van der Waals surface area contributed by atoms with Crippen molar-refractivity contribution in [2.24, 2.45) is 11.3 Å². The van der Waals surface area contributed by atoms with Gasteiger partial charge in [0, 0.05) is 24.7 Å². The Bertz CT molecular complexity index is 570. The van der Waals surface area contributed by atoms with Crippen LogP contribution in [0.1, 0.15) is 24.8 Å². The summed E-state index contributed by atoms with van der Waals surface area (Å²) in [5.41, 5.74) is -1.18. The van der Waals surface area contributed by atoms with Gasteiger partial charge in [0.2, 0.25) is 0 Å². The van der Waals surface area contributed by atoms with Crippen LogP contribution in [-0.2, 0) is 11.0 Å². The molecule has 1 aliphatic carbocycles. The minimum atomic E-state index is -4.49. The summed E-state index contributed by atoms with van der Waals surface area (Å²) in [4.78, 5) is 16.7. The van der Waals surface area contributed by atoms with Crippen molar-refractivity contribution < 1.29 is 23.1 Å². The van der Waals surface area contributed by atoms with E-state index in [1.165, 1.54) is 17.2 Å². The first kappa shape index (κ1) is 14.2. The third kappa shape index (κ3) is 2.24. The average molecular weight is 300 g/mol. The van der Waals surface area contributed by atoms with E-state index in [4.69, 9.17) is 0 Å². The zero-order valence-corrected chi connectivity index (χ0v) is 11.2. The van der Waals surface area contributed by atoms with Crippen LogP contribution in [-0.4, -0.2) is 29.1 Å². The maximum absolute atomic E-state index is 13.1. The number of pyridine rings is 1. The van der Waals surface area contributed by atoms with Gasteiger partial charge in [0.1, 0.15) is 5.82 Å². The van der Waals surface area contributed by atoms with Crippen LogP contribution in [0.15, 0.2) is 18.3 Å². The molecule has 0 unspecified atom stereocenters. The highest BCUT2D eigenvalue weighted by molar-refractivity contribution is 5.74. The highest BCUT2D eigenvalue weighted by Gasteiger charge is 2.54. The Morgan fingerprint density at radius 1 is 1.43 bits per heavy atom. The topological polar surface area (TPSA) is 53.4 Å². The number of aliphatic carboxylic acids is 1. The zero-order chi connectivity index (χ0) is 15.3. The lowest BCUT2D eigenvalue weighted by Crippen LogP contribution is -2.40. The highest BCUT2D eigenvalue weighted by atomic mass is 19.4. The number of anilines is 1. The molecule has 0 bridgehead atoms. The zero-order valence-electron chi connectivity index (χ0n) is 11.2. The normalized spacial score (nSPS) is 24.1. The summed E-state index contributed by atoms with van der Waals surface area (Å²) >= 11 is 0. The van der Waals surface area contributed by atoms with Crippen LogP contribution in [0.4, 0.5) is 19.0 Å². The summed E-state index contributed by atoms with van der Waals surface area (Å²) in [5, 5.41) is 9.34. The number of carboxylic acid groups (broad SMARTS) is 1. The van der Waals surface area contributed by atoms with E-state index in [-0.39, 0.29) is 17.8 Å². The molecule has 3 rings (SSSR count). The van der Waals surface area contributed by atoms with E-state index >= 15 is 0 Å². The quantitative estimate of drug-likeness (QED) is 0.912. The molecule has 114 valence electrons. The molecule has 1 N–H and O–H groups in total. The molecule has 2 aliphatic rings. The van der Waals surface area contributed by atoms with Gasteiger partial charge < -0.3 is 10.0 Å². The third-order valence-corrected chi connectivity index (χ3v) is 4.69. The molecular weight excluding hydrogens is 285 g/mol. The maximum atomic E-state index is 13.1. The second-order valence-corrected chi connectivity index (χ2v) is 5.86. The number of alkyl halides is 3. The third-order valence-electron chi connectivity index (χ3n) is 4.69. The molecule has 0 aromatic carbocycles. The molecule has 1 aromatic heterocycles. The summed E-state index contributed by atoms with van der Waals surface area (Å²) in [5.74, 6) is -1.70. The molecule has 21 heavy (non-hydrogen) atoms. The van der Waals surface area contributed by atoms with Gasteiger partial charge in [0.05, 0.1) is 11.5 Å². The highest BCUT2D eigenvalue weighted by Crippen LogP contribution is 2.53. The number of halogens is 3. The van der Waals surface area contributed by atoms with E-state index in [2.05, 4.69) is 4.98 Å². The summed E-state index contributed by atoms with van der Waals surface area (Å²) in [6, 6.07) is 2.24. The van der Waals surface area contributed by atoms with E-state index in [0.29, 0.717) is 6.54 Å². The summed E-state index contributed by atoms with van der Waals surface area (Å²) in [6.45, 7) is 0.430. The Labute approximate surface area is 119 Å². The molecular formula is C14H15F3N2O2. The van der Waals surface area contributed by atoms with Gasteiger partial charge in [0.15, 0.2) is 0 Å². The Hall–Kier alpha value is -1.79. The smallest absolute Gasteiger partial charge is 0.419 e. The molecule has 1 atom stereocenters. The Kier molecular flexibility index (Phi) is 3.11. The van der Waals surface area contributed by atoms with Gasteiger partial charge in [-0.1, -0.05) is 6.42 Å². The van der Waals surface area contributed by atoms with Gasteiger partial charge in [-0.3, -0.25) is 4.79 Å². The van der Waals surface area contributed by atoms with Crippen molar-refractivity contribution in [3.8, 4) is 0 Å². The number of carbonyl (C=O) groups is 1. The van der Waals surface area contributed by atoms with Crippen LogP contribution in [0.25, 0.3) is 0 Å². The summed E-state index contributed by atoms with van der Waals surface area (Å²) in [7, 11) is 0. The molecule has 0 amide bonds. The van der Waals surface area contributed by atoms with Crippen LogP contribution >= 0.6 is 0 Å². The van der Waals surface area contributed by atoms with E-state index in [1.54, 1.807) is 0 Å². The van der Waals surface area contributed by atoms with Crippen molar-refractivity contribution in [2.75, 3.05) is 18.0 Å². The predicted molar refractivity (Wildman–Crippen MR) is 68.9 cm³/mol. The number of hydrogen-bond acceptors (Lipinski definition) is 3. The first-order valence-corrected chi connectivity index (χ1v) is 6.83. The standard InChI is InChI=1S/C14H15F3N2O2/c15-14(16,17)9-3-1-6-18-11(9)19-7-10(12(20)21)13(8-19)4-2-5-13/h1,3,6,10H,2,4-5,7-8H2,(H,20,21)/t10-/m1/s1. The monoisotopic (exact) mass is 300 g/mol. The largest absolute Gasteiger partial charge is 0.481 e. The van der Waals surface area contributed by atoms with Gasteiger partial charge in [-0.05, 0) is 25.0 Å². The first-order valence-electron chi connectivity index (χ1n) is 6.83. The second-order valence-electron chi connectivity index (χ2n) is 5.86. The molecule has 4 nitrogen and oxygen atoms in total. The molecule has 7 heteroatoms.